The molecule has 6 nitrogen and oxygen atoms in total. The molecule has 6 heteroatoms. The van der Waals surface area contributed by atoms with Crippen LogP contribution in [0.2, 0.25) is 0 Å². The maximum absolute atomic E-state index is 12.0. The minimum absolute atomic E-state index is 0.0771. The van der Waals surface area contributed by atoms with E-state index in [9.17, 15) is 9.59 Å². The topological polar surface area (TPSA) is 76.7 Å². The Hall–Kier alpha value is -1.92. The van der Waals surface area contributed by atoms with Gasteiger partial charge in [-0.05, 0) is 26.3 Å². The van der Waals surface area contributed by atoms with Gasteiger partial charge in [0.1, 0.15) is 0 Å². The third-order valence-electron chi connectivity index (χ3n) is 4.02. The lowest BCUT2D eigenvalue weighted by atomic mass is 10.1. The molecule has 138 valence electrons. The van der Waals surface area contributed by atoms with E-state index in [1.54, 1.807) is 0 Å². The molecule has 1 aliphatic heterocycles. The van der Waals surface area contributed by atoms with Gasteiger partial charge in [0.2, 0.25) is 11.8 Å². The number of rotatable bonds is 7. The van der Waals surface area contributed by atoms with Crippen molar-refractivity contribution >= 4 is 11.8 Å². The molecule has 0 aromatic heterocycles. The molecule has 0 radical (unpaired) electrons. The van der Waals surface area contributed by atoms with E-state index >= 15 is 0 Å². The summed E-state index contributed by atoms with van der Waals surface area (Å²) >= 11 is 0. The second-order valence-electron chi connectivity index (χ2n) is 7.02. The first-order valence-electron chi connectivity index (χ1n) is 8.72. The molecule has 1 fully saturated rings. The van der Waals surface area contributed by atoms with Crippen LogP contribution in [0.4, 0.5) is 0 Å². The molecule has 25 heavy (non-hydrogen) atoms. The smallest absolute Gasteiger partial charge is 0.220 e. The summed E-state index contributed by atoms with van der Waals surface area (Å²) in [7, 11) is 0. The molecule has 0 spiro atoms. The van der Waals surface area contributed by atoms with Crippen molar-refractivity contribution in [2.45, 2.75) is 51.4 Å². The summed E-state index contributed by atoms with van der Waals surface area (Å²) in [5, 5.41) is 5.71. The Kier molecular flexibility index (Phi) is 6.96. The molecular formula is C19H28N2O4. The number of ether oxygens (including phenoxy) is 2. The van der Waals surface area contributed by atoms with E-state index in [-0.39, 0.29) is 42.4 Å². The Bertz CT molecular complexity index is 574. The average molecular weight is 348 g/mol. The average Bonchev–Trinajstić information content (AvgIpc) is 2.58. The lowest BCUT2D eigenvalue weighted by molar-refractivity contribution is -0.180. The number of carbonyl (C=O) groups is 2. The van der Waals surface area contributed by atoms with E-state index in [1.807, 2.05) is 51.1 Å². The van der Waals surface area contributed by atoms with Gasteiger partial charge in [-0.25, -0.2) is 0 Å². The summed E-state index contributed by atoms with van der Waals surface area (Å²) in [4.78, 5) is 23.9. The lowest BCUT2D eigenvalue weighted by Crippen LogP contribution is -2.48. The Labute approximate surface area is 149 Å². The highest BCUT2D eigenvalue weighted by molar-refractivity contribution is 5.83. The number of hydrogen-bond donors (Lipinski definition) is 2. The van der Waals surface area contributed by atoms with E-state index < -0.39 is 0 Å². The summed E-state index contributed by atoms with van der Waals surface area (Å²) in [6.45, 7) is 7.26. The molecule has 0 saturated carbocycles. The maximum atomic E-state index is 12.0. The van der Waals surface area contributed by atoms with Crippen molar-refractivity contribution in [2.75, 3.05) is 19.8 Å². The van der Waals surface area contributed by atoms with E-state index in [4.69, 9.17) is 9.47 Å². The molecular weight excluding hydrogens is 320 g/mol. The largest absolute Gasteiger partial charge is 0.376 e. The van der Waals surface area contributed by atoms with E-state index in [0.717, 1.165) is 5.56 Å². The predicted molar refractivity (Wildman–Crippen MR) is 95.0 cm³/mol. The third-order valence-corrected chi connectivity index (χ3v) is 4.02. The van der Waals surface area contributed by atoms with Crippen molar-refractivity contribution in [2.24, 2.45) is 0 Å². The summed E-state index contributed by atoms with van der Waals surface area (Å²) < 4.78 is 11.3. The van der Waals surface area contributed by atoms with Crippen LogP contribution in [0.1, 0.15) is 45.2 Å². The zero-order valence-corrected chi connectivity index (χ0v) is 15.2. The zero-order chi connectivity index (χ0) is 18.3. The van der Waals surface area contributed by atoms with Crippen molar-refractivity contribution in [1.29, 1.82) is 0 Å². The van der Waals surface area contributed by atoms with Gasteiger partial charge in [-0.3, -0.25) is 9.59 Å². The van der Waals surface area contributed by atoms with Crippen LogP contribution in [0.15, 0.2) is 30.3 Å². The van der Waals surface area contributed by atoms with Crippen LogP contribution in [0.25, 0.3) is 0 Å². The fourth-order valence-corrected chi connectivity index (χ4v) is 2.74. The van der Waals surface area contributed by atoms with Crippen LogP contribution in [0, 0.1) is 0 Å². The highest BCUT2D eigenvalue weighted by Gasteiger charge is 2.29. The molecule has 1 aromatic carbocycles. The monoisotopic (exact) mass is 348 g/mol. The maximum Gasteiger partial charge on any atom is 0.220 e. The first-order chi connectivity index (χ1) is 11.9. The Morgan fingerprint density at radius 3 is 2.56 bits per heavy atom. The molecule has 1 aliphatic rings. The van der Waals surface area contributed by atoms with Crippen LogP contribution >= 0.6 is 0 Å². The van der Waals surface area contributed by atoms with Crippen molar-refractivity contribution in [3.8, 4) is 0 Å². The van der Waals surface area contributed by atoms with Crippen molar-refractivity contribution in [1.82, 2.24) is 10.6 Å². The van der Waals surface area contributed by atoms with Crippen LogP contribution in [-0.4, -0.2) is 43.3 Å². The summed E-state index contributed by atoms with van der Waals surface area (Å²) in [6.07, 6.45) is 0.167. The van der Waals surface area contributed by atoms with Crippen LogP contribution in [0.3, 0.4) is 0 Å². The molecule has 1 aromatic rings. The fourth-order valence-electron chi connectivity index (χ4n) is 2.74. The van der Waals surface area contributed by atoms with Gasteiger partial charge in [-0.2, -0.15) is 0 Å². The number of nitrogens with one attached hydrogen (secondary N) is 2. The summed E-state index contributed by atoms with van der Waals surface area (Å²) in [5.74, 6) is -0.292. The fraction of sp³-hybridized carbons (Fsp3) is 0.579. The van der Waals surface area contributed by atoms with Crippen LogP contribution < -0.4 is 10.6 Å². The van der Waals surface area contributed by atoms with Crippen LogP contribution in [0.5, 0.6) is 0 Å². The first-order valence-corrected chi connectivity index (χ1v) is 8.72. The van der Waals surface area contributed by atoms with Gasteiger partial charge < -0.3 is 20.1 Å². The van der Waals surface area contributed by atoms with Gasteiger partial charge in [0.15, 0.2) is 0 Å². The quantitative estimate of drug-likeness (QED) is 0.790. The first kappa shape index (κ1) is 19.4. The lowest BCUT2D eigenvalue weighted by Gasteiger charge is -2.35. The molecule has 1 saturated heterocycles. The zero-order valence-electron chi connectivity index (χ0n) is 15.2. The van der Waals surface area contributed by atoms with Gasteiger partial charge in [0, 0.05) is 19.4 Å². The number of benzene rings is 1. The van der Waals surface area contributed by atoms with E-state index in [2.05, 4.69) is 10.6 Å². The SMILES string of the molecule is C[C@H](NC(=O)CCC(=O)NCC1COCC(C)(C)O1)c1ccccc1. The molecule has 0 bridgehead atoms. The molecule has 2 atom stereocenters. The minimum Gasteiger partial charge on any atom is -0.376 e. The number of hydrogen-bond acceptors (Lipinski definition) is 4. The van der Waals surface area contributed by atoms with Crippen molar-refractivity contribution in [3.05, 3.63) is 35.9 Å². The van der Waals surface area contributed by atoms with Gasteiger partial charge in [0.05, 0.1) is 31.0 Å². The number of carbonyl (C=O) groups excluding carboxylic acids is 2. The van der Waals surface area contributed by atoms with Gasteiger partial charge >= 0.3 is 0 Å². The minimum atomic E-state index is -0.332. The molecule has 2 rings (SSSR count). The Balaban J connectivity index is 1.65. The standard InChI is InChI=1S/C19H28N2O4/c1-14(15-7-5-4-6-8-15)21-18(23)10-9-17(22)20-11-16-12-24-13-19(2,3)25-16/h4-8,14,16H,9-13H2,1-3H3,(H,20,22)(H,21,23)/t14-,16?/m0/s1. The third kappa shape index (κ3) is 6.84. The normalized spacial score (nSPS) is 20.5. The van der Waals surface area contributed by atoms with Crippen molar-refractivity contribution < 1.29 is 19.1 Å². The Morgan fingerprint density at radius 1 is 1.20 bits per heavy atom. The highest BCUT2D eigenvalue weighted by atomic mass is 16.6. The summed E-state index contributed by atoms with van der Waals surface area (Å²) in [6, 6.07) is 9.65. The van der Waals surface area contributed by atoms with Gasteiger partial charge in [-0.1, -0.05) is 30.3 Å². The molecule has 1 unspecified atom stereocenters. The van der Waals surface area contributed by atoms with Crippen LogP contribution in [-0.2, 0) is 19.1 Å². The second-order valence-corrected chi connectivity index (χ2v) is 7.02. The van der Waals surface area contributed by atoms with Gasteiger partial charge in [-0.15, -0.1) is 0 Å². The van der Waals surface area contributed by atoms with E-state index in [0.29, 0.717) is 19.8 Å². The summed E-state index contributed by atoms with van der Waals surface area (Å²) in [5.41, 5.74) is 0.707. The second kappa shape index (κ2) is 8.97. The van der Waals surface area contributed by atoms with Crippen molar-refractivity contribution in [3.63, 3.8) is 0 Å². The highest BCUT2D eigenvalue weighted by Crippen LogP contribution is 2.18. The Morgan fingerprint density at radius 2 is 1.88 bits per heavy atom. The van der Waals surface area contributed by atoms with Gasteiger partial charge in [0.25, 0.3) is 0 Å². The molecule has 2 amide bonds. The molecule has 1 heterocycles. The molecule has 0 aliphatic carbocycles. The van der Waals surface area contributed by atoms with E-state index in [1.165, 1.54) is 0 Å². The number of amides is 2. The predicted octanol–water partition coefficient (Wildman–Crippen LogP) is 1.95. The molecule has 2 N–H and O–H groups in total.